The molecule has 0 atom stereocenters. The number of hydrogen-bond acceptors (Lipinski definition) is 4. The molecule has 1 aromatic carbocycles. The van der Waals surface area contributed by atoms with Crippen molar-refractivity contribution in [3.05, 3.63) is 41.9 Å². The van der Waals surface area contributed by atoms with E-state index in [1.807, 2.05) is 19.1 Å². The number of benzene rings is 1. The summed E-state index contributed by atoms with van der Waals surface area (Å²) in [5.74, 6) is 0. The molecule has 0 aliphatic heterocycles. The van der Waals surface area contributed by atoms with Crippen LogP contribution in [0.4, 0.5) is 0 Å². The van der Waals surface area contributed by atoms with Crippen molar-refractivity contribution in [3.63, 3.8) is 0 Å². The van der Waals surface area contributed by atoms with E-state index in [9.17, 15) is 13.2 Å². The first-order valence-corrected chi connectivity index (χ1v) is 7.28. The van der Waals surface area contributed by atoms with Gasteiger partial charge in [0.1, 0.15) is 12.0 Å². The molecule has 94 valence electrons. The number of aldehydes is 1. The van der Waals surface area contributed by atoms with E-state index in [-0.39, 0.29) is 5.69 Å². The Hall–Kier alpha value is -1.66. The molecule has 2 rings (SSSR count). The van der Waals surface area contributed by atoms with Crippen molar-refractivity contribution in [2.75, 3.05) is 0 Å². The van der Waals surface area contributed by atoms with Crippen LogP contribution < -0.4 is 0 Å². The number of nitrogens with zero attached hydrogens (tertiary/aromatic N) is 2. The van der Waals surface area contributed by atoms with Gasteiger partial charge in [0.25, 0.3) is 9.05 Å². The van der Waals surface area contributed by atoms with Gasteiger partial charge < -0.3 is 0 Å². The normalized spacial score (nSPS) is 11.4. The van der Waals surface area contributed by atoms with E-state index < -0.39 is 14.1 Å². The van der Waals surface area contributed by atoms with Crippen molar-refractivity contribution in [2.24, 2.45) is 0 Å². The number of hydrogen-bond donors (Lipinski definition) is 0. The molecule has 0 saturated heterocycles. The second kappa shape index (κ2) is 4.55. The fourth-order valence-corrected chi connectivity index (χ4v) is 2.47. The summed E-state index contributed by atoms with van der Waals surface area (Å²) in [5.41, 5.74) is 1.60. The largest absolute Gasteiger partial charge is 0.296 e. The zero-order valence-corrected chi connectivity index (χ0v) is 10.9. The average Bonchev–Trinajstić information content (AvgIpc) is 2.73. The monoisotopic (exact) mass is 284 g/mol. The lowest BCUT2D eigenvalue weighted by Gasteiger charge is -2.04. The van der Waals surface area contributed by atoms with Gasteiger partial charge in [-0.3, -0.25) is 9.36 Å². The number of rotatable bonds is 3. The predicted molar refractivity (Wildman–Crippen MR) is 66.7 cm³/mol. The molecular weight excluding hydrogens is 276 g/mol. The number of carbonyl (C=O) groups is 1. The number of aryl methyl sites for hydroxylation is 1. The highest BCUT2D eigenvalue weighted by Gasteiger charge is 2.22. The first kappa shape index (κ1) is 12.8. The van der Waals surface area contributed by atoms with E-state index in [0.29, 0.717) is 12.0 Å². The summed E-state index contributed by atoms with van der Waals surface area (Å²) in [5, 5.41) is -0.431. The first-order chi connectivity index (χ1) is 8.43. The summed E-state index contributed by atoms with van der Waals surface area (Å²) in [7, 11) is 1.17. The van der Waals surface area contributed by atoms with Gasteiger partial charge in [-0.1, -0.05) is 17.7 Å². The lowest BCUT2D eigenvalue weighted by atomic mass is 10.2. The second-order valence-corrected chi connectivity index (χ2v) is 6.18. The summed E-state index contributed by atoms with van der Waals surface area (Å²) in [6.45, 7) is 1.92. The van der Waals surface area contributed by atoms with Crippen molar-refractivity contribution < 1.29 is 13.2 Å². The molecule has 18 heavy (non-hydrogen) atoms. The van der Waals surface area contributed by atoms with Crippen molar-refractivity contribution in [3.8, 4) is 5.69 Å². The van der Waals surface area contributed by atoms with Crippen LogP contribution in [0.3, 0.4) is 0 Å². The highest BCUT2D eigenvalue weighted by Crippen LogP contribution is 2.20. The molecule has 1 heterocycles. The lowest BCUT2D eigenvalue weighted by molar-refractivity contribution is 0.111. The Morgan fingerprint density at radius 1 is 1.28 bits per heavy atom. The quantitative estimate of drug-likeness (QED) is 0.638. The number of aromatic nitrogens is 2. The third kappa shape index (κ3) is 2.30. The molecule has 0 radical (unpaired) electrons. The zero-order valence-electron chi connectivity index (χ0n) is 9.37. The van der Waals surface area contributed by atoms with Crippen molar-refractivity contribution in [1.29, 1.82) is 0 Å². The Morgan fingerprint density at radius 3 is 2.39 bits per heavy atom. The molecule has 7 heteroatoms. The van der Waals surface area contributed by atoms with Gasteiger partial charge in [0.15, 0.2) is 11.3 Å². The predicted octanol–water partition coefficient (Wildman–Crippen LogP) is 1.92. The minimum atomic E-state index is -4.03. The van der Waals surface area contributed by atoms with Gasteiger partial charge in [-0.05, 0) is 19.1 Å². The Balaban J connectivity index is 2.63. The van der Waals surface area contributed by atoms with Crippen molar-refractivity contribution in [2.45, 2.75) is 11.9 Å². The maximum absolute atomic E-state index is 11.2. The summed E-state index contributed by atoms with van der Waals surface area (Å²) in [4.78, 5) is 14.7. The van der Waals surface area contributed by atoms with Crippen LogP contribution in [0.2, 0.25) is 0 Å². The van der Waals surface area contributed by atoms with Crippen LogP contribution in [0.1, 0.15) is 16.1 Å². The molecule has 0 bridgehead atoms. The molecular formula is C11H9ClN2O3S. The summed E-state index contributed by atoms with van der Waals surface area (Å²) >= 11 is 0. The Morgan fingerprint density at radius 2 is 1.89 bits per heavy atom. The molecule has 0 spiro atoms. The SMILES string of the molecule is Cc1ccc(-n2cnc(S(=O)(=O)Cl)c2C=O)cc1. The molecule has 0 unspecified atom stereocenters. The van der Waals surface area contributed by atoms with Gasteiger partial charge in [-0.15, -0.1) is 0 Å². The standard InChI is InChI=1S/C11H9ClN2O3S/c1-8-2-4-9(5-3-8)14-7-13-11(10(14)6-15)18(12,16)17/h2-7H,1H3. The second-order valence-electron chi connectivity index (χ2n) is 3.70. The van der Waals surface area contributed by atoms with Crippen LogP contribution in [0.5, 0.6) is 0 Å². The van der Waals surface area contributed by atoms with Crippen molar-refractivity contribution >= 4 is 26.0 Å². The van der Waals surface area contributed by atoms with Gasteiger partial charge in [-0.2, -0.15) is 0 Å². The molecule has 0 aliphatic rings. The van der Waals surface area contributed by atoms with E-state index in [1.165, 1.54) is 10.9 Å². The summed E-state index contributed by atoms with van der Waals surface area (Å²) in [6, 6.07) is 7.21. The maximum atomic E-state index is 11.2. The fraction of sp³-hybridized carbons (Fsp3) is 0.0909. The van der Waals surface area contributed by atoms with Gasteiger partial charge in [0.2, 0.25) is 0 Å². The van der Waals surface area contributed by atoms with Crippen LogP contribution in [0.25, 0.3) is 5.69 Å². The van der Waals surface area contributed by atoms with Gasteiger partial charge in [-0.25, -0.2) is 13.4 Å². The Labute approximate surface area is 108 Å². The minimum Gasteiger partial charge on any atom is -0.296 e. The topological polar surface area (TPSA) is 69.0 Å². The highest BCUT2D eigenvalue weighted by molar-refractivity contribution is 8.13. The molecule has 0 amide bonds. The van der Waals surface area contributed by atoms with Gasteiger partial charge in [0.05, 0.1) is 0 Å². The zero-order chi connectivity index (χ0) is 13.3. The van der Waals surface area contributed by atoms with Crippen LogP contribution in [-0.2, 0) is 9.05 Å². The number of halogens is 1. The first-order valence-electron chi connectivity index (χ1n) is 4.97. The maximum Gasteiger partial charge on any atom is 0.280 e. The molecule has 5 nitrogen and oxygen atoms in total. The van der Waals surface area contributed by atoms with E-state index in [4.69, 9.17) is 10.7 Å². The number of imidazole rings is 1. The fourth-order valence-electron chi connectivity index (χ4n) is 1.55. The lowest BCUT2D eigenvalue weighted by Crippen LogP contribution is -2.02. The highest BCUT2D eigenvalue weighted by atomic mass is 35.7. The molecule has 1 aromatic heterocycles. The number of carbonyl (C=O) groups excluding carboxylic acids is 1. The Bertz CT molecular complexity index is 690. The third-order valence-corrected chi connectivity index (χ3v) is 3.64. The van der Waals surface area contributed by atoms with Crippen LogP contribution >= 0.6 is 10.7 Å². The van der Waals surface area contributed by atoms with Crippen LogP contribution in [0, 0.1) is 6.92 Å². The third-order valence-electron chi connectivity index (χ3n) is 2.42. The molecule has 0 saturated carbocycles. The van der Waals surface area contributed by atoms with Crippen LogP contribution in [-0.4, -0.2) is 24.3 Å². The van der Waals surface area contributed by atoms with Crippen molar-refractivity contribution in [1.82, 2.24) is 9.55 Å². The minimum absolute atomic E-state index is 0.0890. The van der Waals surface area contributed by atoms with E-state index in [1.54, 1.807) is 12.1 Å². The molecule has 0 fully saturated rings. The van der Waals surface area contributed by atoms with Crippen LogP contribution in [0.15, 0.2) is 35.6 Å². The Kier molecular flexibility index (Phi) is 3.23. The smallest absolute Gasteiger partial charge is 0.280 e. The van der Waals surface area contributed by atoms with Gasteiger partial charge >= 0.3 is 0 Å². The van der Waals surface area contributed by atoms with E-state index >= 15 is 0 Å². The summed E-state index contributed by atoms with van der Waals surface area (Å²) < 4.78 is 23.9. The molecule has 0 N–H and O–H groups in total. The summed E-state index contributed by atoms with van der Waals surface area (Å²) in [6.07, 6.45) is 1.67. The van der Waals surface area contributed by atoms with E-state index in [2.05, 4.69) is 4.98 Å². The van der Waals surface area contributed by atoms with Gasteiger partial charge in [0, 0.05) is 16.4 Å². The average molecular weight is 285 g/mol. The molecule has 2 aromatic rings. The van der Waals surface area contributed by atoms with E-state index in [0.717, 1.165) is 5.56 Å². The molecule has 0 aliphatic carbocycles.